The van der Waals surface area contributed by atoms with Gasteiger partial charge < -0.3 is 0 Å². The molecule has 0 radical (unpaired) electrons. The van der Waals surface area contributed by atoms with E-state index in [0.29, 0.717) is 33.8 Å². The summed E-state index contributed by atoms with van der Waals surface area (Å²) in [7, 11) is 0. The zero-order valence-corrected chi connectivity index (χ0v) is 23.2. The first-order valence-corrected chi connectivity index (χ1v) is 14.0. The van der Waals surface area contributed by atoms with Gasteiger partial charge in [-0.05, 0) is 36.4 Å². The number of carbonyl (C=O) groups excluding carboxylic acids is 1. The van der Waals surface area contributed by atoms with Gasteiger partial charge in [-0.2, -0.15) is 10.2 Å². The van der Waals surface area contributed by atoms with Crippen molar-refractivity contribution in [2.45, 2.75) is 0 Å². The van der Waals surface area contributed by atoms with Crippen molar-refractivity contribution in [3.63, 3.8) is 0 Å². The molecule has 8 aromatic rings. The summed E-state index contributed by atoms with van der Waals surface area (Å²) in [6.45, 7) is 0. The molecule has 0 amide bonds. The summed E-state index contributed by atoms with van der Waals surface area (Å²) in [6, 6.07) is 30.8. The van der Waals surface area contributed by atoms with Crippen molar-refractivity contribution in [1.82, 2.24) is 39.2 Å². The summed E-state index contributed by atoms with van der Waals surface area (Å²) in [4.78, 5) is 32.6. The van der Waals surface area contributed by atoms with E-state index in [4.69, 9.17) is 9.97 Å². The minimum Gasteiger partial charge on any atom is -0.289 e. The predicted octanol–water partition coefficient (Wildman–Crippen LogP) is 6.46. The molecule has 9 heteroatoms. The van der Waals surface area contributed by atoms with Crippen LogP contribution in [0.3, 0.4) is 0 Å². The number of benzene rings is 2. The SMILES string of the molecule is O=C(c1ccnc(-c2cnn3ccc(-c4ccccc4)nc23)c1)c1ccnc(-c2cnn3ccc(-c4ccccc4)nc23)c1. The minimum absolute atomic E-state index is 0.152. The zero-order chi connectivity index (χ0) is 29.5. The molecule has 0 N–H and O–H groups in total. The van der Waals surface area contributed by atoms with Crippen LogP contribution in [0.5, 0.6) is 0 Å². The normalized spacial score (nSPS) is 11.3. The molecular formula is C35H22N8O. The van der Waals surface area contributed by atoms with Gasteiger partial charge >= 0.3 is 0 Å². The third-order valence-corrected chi connectivity index (χ3v) is 7.47. The molecule has 0 aliphatic carbocycles. The van der Waals surface area contributed by atoms with Crippen molar-refractivity contribution in [3.8, 4) is 45.0 Å². The second kappa shape index (κ2) is 10.5. The van der Waals surface area contributed by atoms with Crippen LogP contribution >= 0.6 is 0 Å². The van der Waals surface area contributed by atoms with Gasteiger partial charge in [-0.3, -0.25) is 14.8 Å². The minimum atomic E-state index is -0.152. The molecule has 0 atom stereocenters. The third kappa shape index (κ3) is 4.49. The van der Waals surface area contributed by atoms with Crippen LogP contribution in [0.1, 0.15) is 15.9 Å². The molecule has 9 nitrogen and oxygen atoms in total. The molecule has 0 unspecified atom stereocenters. The lowest BCUT2D eigenvalue weighted by Crippen LogP contribution is -2.03. The highest BCUT2D eigenvalue weighted by molar-refractivity contribution is 6.10. The number of nitrogens with zero attached hydrogens (tertiary/aromatic N) is 8. The zero-order valence-electron chi connectivity index (χ0n) is 23.2. The highest BCUT2D eigenvalue weighted by Gasteiger charge is 2.17. The van der Waals surface area contributed by atoms with Gasteiger partial charge in [-0.1, -0.05) is 60.7 Å². The van der Waals surface area contributed by atoms with Crippen LogP contribution in [0.4, 0.5) is 0 Å². The average Bonchev–Trinajstić information content (AvgIpc) is 3.73. The summed E-state index contributed by atoms with van der Waals surface area (Å²) < 4.78 is 3.42. The second-order valence-corrected chi connectivity index (χ2v) is 10.2. The number of hydrogen-bond acceptors (Lipinski definition) is 7. The van der Waals surface area contributed by atoms with Gasteiger partial charge in [-0.15, -0.1) is 0 Å². The van der Waals surface area contributed by atoms with Gasteiger partial charge in [0.05, 0.1) is 46.3 Å². The molecule has 0 aliphatic heterocycles. The van der Waals surface area contributed by atoms with E-state index in [2.05, 4.69) is 20.2 Å². The van der Waals surface area contributed by atoms with Crippen molar-refractivity contribution in [2.75, 3.05) is 0 Å². The lowest BCUT2D eigenvalue weighted by atomic mass is 10.0. The Morgan fingerprint density at radius 1 is 0.523 bits per heavy atom. The summed E-state index contributed by atoms with van der Waals surface area (Å²) in [5.41, 5.74) is 8.66. The number of fused-ring (bicyclic) bond motifs is 2. The number of pyridine rings is 2. The molecule has 0 saturated heterocycles. The largest absolute Gasteiger partial charge is 0.289 e. The number of hydrogen-bond donors (Lipinski definition) is 0. The van der Waals surface area contributed by atoms with Crippen LogP contribution < -0.4 is 0 Å². The molecule has 6 heterocycles. The first kappa shape index (κ1) is 25.4. The molecule has 44 heavy (non-hydrogen) atoms. The predicted molar refractivity (Wildman–Crippen MR) is 167 cm³/mol. The lowest BCUT2D eigenvalue weighted by Gasteiger charge is -2.06. The fraction of sp³-hybridized carbons (Fsp3) is 0. The van der Waals surface area contributed by atoms with E-state index in [1.807, 2.05) is 85.2 Å². The van der Waals surface area contributed by atoms with Gasteiger partial charge in [0, 0.05) is 47.0 Å². The van der Waals surface area contributed by atoms with Gasteiger partial charge in [0.2, 0.25) is 0 Å². The van der Waals surface area contributed by atoms with Gasteiger partial charge in [-0.25, -0.2) is 19.0 Å². The Kier molecular flexibility index (Phi) is 6.05. The molecule has 0 fully saturated rings. The maximum atomic E-state index is 13.8. The molecule has 0 aliphatic rings. The van der Waals surface area contributed by atoms with Gasteiger partial charge in [0.15, 0.2) is 17.1 Å². The first-order valence-electron chi connectivity index (χ1n) is 14.0. The van der Waals surface area contributed by atoms with Gasteiger partial charge in [0.25, 0.3) is 0 Å². The number of aromatic nitrogens is 8. The fourth-order valence-corrected chi connectivity index (χ4v) is 5.24. The van der Waals surface area contributed by atoms with Crippen LogP contribution in [0.2, 0.25) is 0 Å². The van der Waals surface area contributed by atoms with Crippen molar-refractivity contribution in [1.29, 1.82) is 0 Å². The molecule has 2 aromatic carbocycles. The number of ketones is 1. The standard InChI is InChI=1S/C35H22N8O/c44-33(25-11-15-36-31(19-25)27-21-38-42-17-13-29(40-34(27)42)23-7-3-1-4-8-23)26-12-16-37-32(20-26)28-22-39-43-18-14-30(41-35(28)43)24-9-5-2-6-10-24/h1-22H. The Hall–Kier alpha value is -6.35. The quantitative estimate of drug-likeness (QED) is 0.211. The third-order valence-electron chi connectivity index (χ3n) is 7.47. The van der Waals surface area contributed by atoms with Crippen LogP contribution in [-0.4, -0.2) is 44.9 Å². The van der Waals surface area contributed by atoms with Crippen molar-refractivity contribution in [3.05, 3.63) is 145 Å². The molecule has 208 valence electrons. The van der Waals surface area contributed by atoms with E-state index < -0.39 is 0 Å². The molecule has 0 saturated carbocycles. The average molecular weight is 571 g/mol. The Morgan fingerprint density at radius 3 is 1.43 bits per heavy atom. The molecular weight excluding hydrogens is 548 g/mol. The summed E-state index contributed by atoms with van der Waals surface area (Å²) in [6.07, 6.45) is 10.5. The fourth-order valence-electron chi connectivity index (χ4n) is 5.24. The molecule has 0 bridgehead atoms. The van der Waals surface area contributed by atoms with Crippen LogP contribution in [0.25, 0.3) is 56.3 Å². The molecule has 6 aromatic heterocycles. The maximum Gasteiger partial charge on any atom is 0.193 e. The lowest BCUT2D eigenvalue weighted by molar-refractivity contribution is 0.103. The van der Waals surface area contributed by atoms with E-state index in [1.165, 1.54) is 0 Å². The van der Waals surface area contributed by atoms with Gasteiger partial charge in [0.1, 0.15) is 0 Å². The van der Waals surface area contributed by atoms with Crippen LogP contribution in [0.15, 0.2) is 134 Å². The molecule has 0 spiro atoms. The number of carbonyl (C=O) groups is 1. The summed E-state index contributed by atoms with van der Waals surface area (Å²) in [5, 5.41) is 8.92. The highest BCUT2D eigenvalue weighted by atomic mass is 16.1. The van der Waals surface area contributed by atoms with E-state index in [0.717, 1.165) is 33.6 Å². The van der Waals surface area contributed by atoms with E-state index in [9.17, 15) is 4.79 Å². The topological polar surface area (TPSA) is 103 Å². The Bertz CT molecular complexity index is 2150. The van der Waals surface area contributed by atoms with Crippen molar-refractivity contribution >= 4 is 17.1 Å². The second-order valence-electron chi connectivity index (χ2n) is 10.2. The highest BCUT2D eigenvalue weighted by Crippen LogP contribution is 2.28. The smallest absolute Gasteiger partial charge is 0.193 e. The Labute approximate surface area is 251 Å². The Morgan fingerprint density at radius 2 is 0.977 bits per heavy atom. The first-order chi connectivity index (χ1) is 21.7. The molecule has 8 rings (SSSR count). The van der Waals surface area contributed by atoms with Crippen LogP contribution in [0, 0.1) is 0 Å². The summed E-state index contributed by atoms with van der Waals surface area (Å²) in [5.74, 6) is -0.152. The summed E-state index contributed by atoms with van der Waals surface area (Å²) >= 11 is 0. The number of rotatable bonds is 6. The Balaban J connectivity index is 1.14. The van der Waals surface area contributed by atoms with Crippen molar-refractivity contribution in [2.24, 2.45) is 0 Å². The monoisotopic (exact) mass is 570 g/mol. The van der Waals surface area contributed by atoms with Crippen LogP contribution in [-0.2, 0) is 0 Å². The maximum absolute atomic E-state index is 13.8. The van der Waals surface area contributed by atoms with E-state index in [-0.39, 0.29) is 5.78 Å². The van der Waals surface area contributed by atoms with E-state index >= 15 is 0 Å². The van der Waals surface area contributed by atoms with E-state index in [1.54, 1.807) is 58.1 Å². The van der Waals surface area contributed by atoms with Crippen molar-refractivity contribution < 1.29 is 4.79 Å².